The predicted molar refractivity (Wildman–Crippen MR) is 63.1 cm³/mol. The molecule has 2 aliphatic heterocycles. The normalized spacial score (nSPS) is 21.5. The second kappa shape index (κ2) is 4.72. The molecule has 0 N–H and O–H groups in total. The van der Waals surface area contributed by atoms with Crippen molar-refractivity contribution in [3.05, 3.63) is 4.13 Å². The lowest BCUT2D eigenvalue weighted by Gasteiger charge is -2.30. The summed E-state index contributed by atoms with van der Waals surface area (Å²) in [6, 6.07) is 0. The maximum Gasteiger partial charge on any atom is 0.234 e. The molecule has 2 aliphatic rings. The molecule has 2 amide bonds. The van der Waals surface area contributed by atoms with Crippen molar-refractivity contribution in [1.82, 2.24) is 8.61 Å². The fourth-order valence-corrected chi connectivity index (χ4v) is 4.95. The van der Waals surface area contributed by atoms with Gasteiger partial charge in [0.2, 0.25) is 11.8 Å². The van der Waals surface area contributed by atoms with Crippen molar-refractivity contribution in [2.75, 3.05) is 13.1 Å². The Kier molecular flexibility index (Phi) is 3.53. The fraction of sp³-hybridized carbons (Fsp3) is 0.750. The first-order valence-corrected chi connectivity index (χ1v) is 8.39. The van der Waals surface area contributed by atoms with Gasteiger partial charge in [-0.1, -0.05) is 0 Å². The summed E-state index contributed by atoms with van der Waals surface area (Å²) in [5.74, 6) is -1.38. The van der Waals surface area contributed by atoms with Crippen LogP contribution in [0.4, 0.5) is 0 Å². The van der Waals surface area contributed by atoms with Gasteiger partial charge >= 0.3 is 0 Å². The predicted octanol–water partition coefficient (Wildman–Crippen LogP) is -0.905. The summed E-state index contributed by atoms with van der Waals surface area (Å²) in [5, 5.41) is 0. The molecular formula is C8H12N3O6S2-. The van der Waals surface area contributed by atoms with E-state index in [4.69, 9.17) is 0 Å². The van der Waals surface area contributed by atoms with Crippen LogP contribution in [0.2, 0.25) is 0 Å². The Hall–Kier alpha value is -1.20. The van der Waals surface area contributed by atoms with Crippen LogP contribution in [0.15, 0.2) is 0 Å². The fourth-order valence-electron chi connectivity index (χ4n) is 1.93. The van der Waals surface area contributed by atoms with E-state index in [9.17, 15) is 26.4 Å². The molecule has 0 saturated carbocycles. The summed E-state index contributed by atoms with van der Waals surface area (Å²) in [4.78, 5) is 22.6. The monoisotopic (exact) mass is 310 g/mol. The third-order valence-electron chi connectivity index (χ3n) is 2.81. The molecule has 0 bridgehead atoms. The Morgan fingerprint density at radius 3 is 1.42 bits per heavy atom. The second-order valence-corrected chi connectivity index (χ2v) is 7.44. The number of nitrogens with zero attached hydrogens (tertiary/aromatic N) is 3. The lowest BCUT2D eigenvalue weighted by Crippen LogP contribution is -2.37. The van der Waals surface area contributed by atoms with Crippen LogP contribution in [0.1, 0.15) is 25.7 Å². The van der Waals surface area contributed by atoms with Crippen molar-refractivity contribution in [1.29, 1.82) is 0 Å². The molecule has 0 aromatic carbocycles. The van der Waals surface area contributed by atoms with Crippen molar-refractivity contribution in [3.8, 4) is 0 Å². The highest BCUT2D eigenvalue weighted by atomic mass is 32.3. The average molecular weight is 310 g/mol. The molecule has 2 heterocycles. The minimum absolute atomic E-state index is 0.0391. The SMILES string of the molecule is O=C1CCCN1S(=O)(=O)[N-]S(=O)(=O)N1CCCC1=O. The molecule has 108 valence electrons. The van der Waals surface area contributed by atoms with Gasteiger partial charge in [0.25, 0.3) is 0 Å². The van der Waals surface area contributed by atoms with E-state index >= 15 is 0 Å². The van der Waals surface area contributed by atoms with Gasteiger partial charge in [-0.15, -0.1) is 0 Å². The van der Waals surface area contributed by atoms with E-state index < -0.39 is 32.2 Å². The third-order valence-corrected chi connectivity index (χ3v) is 6.20. The van der Waals surface area contributed by atoms with Crippen molar-refractivity contribution in [2.45, 2.75) is 25.7 Å². The van der Waals surface area contributed by atoms with Gasteiger partial charge < -0.3 is 4.13 Å². The van der Waals surface area contributed by atoms with Gasteiger partial charge in [0.1, 0.15) is 0 Å². The molecular weight excluding hydrogens is 298 g/mol. The maximum absolute atomic E-state index is 11.7. The number of carbonyl (C=O) groups is 2. The van der Waals surface area contributed by atoms with E-state index in [1.165, 1.54) is 0 Å². The number of carbonyl (C=O) groups excluding carboxylic acids is 2. The van der Waals surface area contributed by atoms with Gasteiger partial charge in [0.05, 0.1) is 0 Å². The Morgan fingerprint density at radius 2 is 1.16 bits per heavy atom. The zero-order valence-electron chi connectivity index (χ0n) is 9.85. The Bertz CT molecular complexity index is 556. The average Bonchev–Trinajstić information content (AvgIpc) is 2.85. The molecule has 9 nitrogen and oxygen atoms in total. The highest BCUT2D eigenvalue weighted by molar-refractivity contribution is 8.10. The van der Waals surface area contributed by atoms with Gasteiger partial charge in [-0.2, -0.15) is 0 Å². The summed E-state index contributed by atoms with van der Waals surface area (Å²) in [5.41, 5.74) is 0. The molecule has 0 aromatic heterocycles. The molecule has 2 rings (SSSR count). The topological polar surface area (TPSA) is 123 Å². The van der Waals surface area contributed by atoms with Crippen LogP contribution in [0.5, 0.6) is 0 Å². The molecule has 0 radical (unpaired) electrons. The summed E-state index contributed by atoms with van der Waals surface area (Å²) in [7, 11) is -9.20. The quantitative estimate of drug-likeness (QED) is 0.662. The molecule has 19 heavy (non-hydrogen) atoms. The van der Waals surface area contributed by atoms with Crippen molar-refractivity contribution >= 4 is 32.2 Å². The van der Waals surface area contributed by atoms with Crippen LogP contribution in [0.3, 0.4) is 0 Å². The van der Waals surface area contributed by atoms with Crippen LogP contribution in [0, 0.1) is 0 Å². The van der Waals surface area contributed by atoms with Crippen LogP contribution >= 0.6 is 0 Å². The molecule has 2 fully saturated rings. The van der Waals surface area contributed by atoms with Crippen LogP contribution in [0.25, 0.3) is 4.13 Å². The van der Waals surface area contributed by atoms with Gasteiger partial charge in [-0.3, -0.25) is 18.2 Å². The minimum Gasteiger partial charge on any atom is -0.399 e. The number of amides is 2. The van der Waals surface area contributed by atoms with E-state index in [0.29, 0.717) is 21.5 Å². The van der Waals surface area contributed by atoms with Crippen LogP contribution in [-0.4, -0.2) is 50.3 Å². The summed E-state index contributed by atoms with van der Waals surface area (Å²) in [6.45, 7) is -0.178. The minimum atomic E-state index is -4.60. The van der Waals surface area contributed by atoms with Gasteiger partial charge in [-0.05, 0) is 12.8 Å². The van der Waals surface area contributed by atoms with E-state index in [1.807, 2.05) is 0 Å². The van der Waals surface area contributed by atoms with Crippen molar-refractivity contribution in [2.24, 2.45) is 0 Å². The van der Waals surface area contributed by atoms with Crippen molar-refractivity contribution in [3.63, 3.8) is 0 Å². The summed E-state index contributed by atoms with van der Waals surface area (Å²) < 4.78 is 50.6. The molecule has 11 heteroatoms. The maximum atomic E-state index is 11.7. The Balaban J connectivity index is 2.20. The molecule has 2 saturated heterocycles. The molecule has 0 aromatic rings. The third kappa shape index (κ3) is 2.72. The van der Waals surface area contributed by atoms with Crippen LogP contribution in [-0.2, 0) is 30.0 Å². The number of rotatable bonds is 4. The molecule has 0 unspecified atom stereocenters. The Labute approximate surface area is 110 Å². The molecule has 0 spiro atoms. The number of hydrogen-bond donors (Lipinski definition) is 0. The van der Waals surface area contributed by atoms with E-state index in [0.717, 1.165) is 0 Å². The smallest absolute Gasteiger partial charge is 0.234 e. The van der Waals surface area contributed by atoms with Crippen LogP contribution < -0.4 is 0 Å². The standard InChI is InChI=1S/C8H12N3O6S2/c12-7-3-1-5-10(7)18(14,15)9-19(16,17)11-6-2-4-8(11)13/h1-6H2/q-1. The summed E-state index contributed by atoms with van der Waals surface area (Å²) >= 11 is 0. The first-order valence-electron chi connectivity index (χ1n) is 5.59. The van der Waals surface area contributed by atoms with Gasteiger partial charge in [0, 0.05) is 25.9 Å². The Morgan fingerprint density at radius 1 is 0.789 bits per heavy atom. The molecule has 0 atom stereocenters. The summed E-state index contributed by atoms with van der Waals surface area (Å²) in [6.07, 6.45) is 0.738. The first kappa shape index (κ1) is 14.2. The van der Waals surface area contributed by atoms with Crippen molar-refractivity contribution < 1.29 is 26.4 Å². The van der Waals surface area contributed by atoms with E-state index in [-0.39, 0.29) is 25.9 Å². The number of hydrogen-bond acceptors (Lipinski definition) is 6. The lowest BCUT2D eigenvalue weighted by molar-refractivity contribution is -0.124. The van der Waals surface area contributed by atoms with E-state index in [2.05, 4.69) is 4.13 Å². The largest absolute Gasteiger partial charge is 0.399 e. The zero-order valence-corrected chi connectivity index (χ0v) is 11.5. The second-order valence-electron chi connectivity index (χ2n) is 4.17. The van der Waals surface area contributed by atoms with E-state index in [1.54, 1.807) is 0 Å². The van der Waals surface area contributed by atoms with Gasteiger partial charge in [-0.25, -0.2) is 16.8 Å². The first-order chi connectivity index (χ1) is 8.74. The highest BCUT2D eigenvalue weighted by Gasteiger charge is 2.32. The highest BCUT2D eigenvalue weighted by Crippen LogP contribution is 2.26. The lowest BCUT2D eigenvalue weighted by atomic mass is 10.4. The van der Waals surface area contributed by atoms with Gasteiger partial charge in [0.15, 0.2) is 20.4 Å². The zero-order chi connectivity index (χ0) is 14.3. The molecule has 0 aliphatic carbocycles.